The Balaban J connectivity index is 1.96. The molecule has 1 unspecified atom stereocenters. The molecule has 0 bridgehead atoms. The normalized spacial score (nSPS) is 19.9. The molecule has 1 saturated heterocycles. The van der Waals surface area contributed by atoms with Gasteiger partial charge in [0.2, 0.25) is 0 Å². The maximum atomic E-state index is 12.0. The van der Waals surface area contributed by atoms with E-state index in [9.17, 15) is 4.79 Å². The van der Waals surface area contributed by atoms with Crippen molar-refractivity contribution in [2.45, 2.75) is 18.9 Å². The van der Waals surface area contributed by atoms with Crippen LogP contribution < -0.4 is 5.73 Å². The van der Waals surface area contributed by atoms with Gasteiger partial charge in [-0.25, -0.2) is 0 Å². The van der Waals surface area contributed by atoms with Crippen LogP contribution >= 0.6 is 11.3 Å². The van der Waals surface area contributed by atoms with Crippen LogP contribution in [-0.4, -0.2) is 37.1 Å². The van der Waals surface area contributed by atoms with Gasteiger partial charge in [0, 0.05) is 20.2 Å². The van der Waals surface area contributed by atoms with Crippen molar-refractivity contribution in [3.05, 3.63) is 16.3 Å². The molecule has 0 spiro atoms. The summed E-state index contributed by atoms with van der Waals surface area (Å²) >= 11 is 1.39. The molecule has 2 rings (SSSR count). The van der Waals surface area contributed by atoms with Gasteiger partial charge in [-0.3, -0.25) is 4.79 Å². The first-order chi connectivity index (χ1) is 7.68. The van der Waals surface area contributed by atoms with E-state index in [1.165, 1.54) is 11.3 Å². The number of nitrogens with two attached hydrogens (primary N) is 1. The van der Waals surface area contributed by atoms with Crippen LogP contribution in [0.2, 0.25) is 0 Å². The van der Waals surface area contributed by atoms with Crippen molar-refractivity contribution in [3.8, 4) is 0 Å². The number of thiophene rings is 1. The van der Waals surface area contributed by atoms with E-state index in [1.807, 2.05) is 5.38 Å². The largest absolute Gasteiger partial charge is 0.397 e. The minimum absolute atomic E-state index is 0.0111. The summed E-state index contributed by atoms with van der Waals surface area (Å²) in [6, 6.07) is 1.76. The molecule has 5 heteroatoms. The van der Waals surface area contributed by atoms with Gasteiger partial charge in [0.15, 0.2) is 0 Å². The monoisotopic (exact) mass is 240 g/mol. The molecule has 1 aliphatic rings. The summed E-state index contributed by atoms with van der Waals surface area (Å²) in [5.41, 5.74) is 6.28. The number of anilines is 1. The molecular formula is C11H16N2O2S. The van der Waals surface area contributed by atoms with E-state index < -0.39 is 0 Å². The molecule has 1 aliphatic heterocycles. The van der Waals surface area contributed by atoms with E-state index in [1.54, 1.807) is 18.0 Å². The number of carbonyl (C=O) groups excluding carboxylic acids is 1. The predicted molar refractivity (Wildman–Crippen MR) is 64.7 cm³/mol. The highest BCUT2D eigenvalue weighted by Crippen LogP contribution is 2.21. The minimum atomic E-state index is -0.0111. The third-order valence-electron chi connectivity index (χ3n) is 2.74. The Morgan fingerprint density at radius 2 is 2.56 bits per heavy atom. The Hall–Kier alpha value is -1.07. The second-order valence-electron chi connectivity index (χ2n) is 4.03. The quantitative estimate of drug-likeness (QED) is 0.872. The zero-order valence-corrected chi connectivity index (χ0v) is 10.1. The van der Waals surface area contributed by atoms with Crippen LogP contribution in [0.15, 0.2) is 11.4 Å². The molecule has 2 N–H and O–H groups in total. The number of hydrogen-bond acceptors (Lipinski definition) is 4. The maximum Gasteiger partial charge on any atom is 0.265 e. The first-order valence-corrected chi connectivity index (χ1v) is 6.26. The number of nitrogens with zero attached hydrogens (tertiary/aromatic N) is 1. The van der Waals surface area contributed by atoms with Crippen LogP contribution in [0.5, 0.6) is 0 Å². The zero-order valence-electron chi connectivity index (χ0n) is 9.31. The van der Waals surface area contributed by atoms with Crippen LogP contribution in [0, 0.1) is 0 Å². The highest BCUT2D eigenvalue weighted by Gasteiger charge is 2.22. The van der Waals surface area contributed by atoms with Gasteiger partial charge in [-0.15, -0.1) is 11.3 Å². The van der Waals surface area contributed by atoms with Gasteiger partial charge in [-0.1, -0.05) is 0 Å². The highest BCUT2D eigenvalue weighted by atomic mass is 32.1. The van der Waals surface area contributed by atoms with E-state index in [0.717, 1.165) is 19.4 Å². The van der Waals surface area contributed by atoms with Gasteiger partial charge in [0.05, 0.1) is 11.8 Å². The zero-order chi connectivity index (χ0) is 11.5. The summed E-state index contributed by atoms with van der Waals surface area (Å²) in [6.45, 7) is 1.46. The van der Waals surface area contributed by atoms with Gasteiger partial charge >= 0.3 is 0 Å². The summed E-state index contributed by atoms with van der Waals surface area (Å²) in [6.07, 6.45) is 2.32. The Morgan fingerprint density at radius 3 is 3.12 bits per heavy atom. The summed E-state index contributed by atoms with van der Waals surface area (Å²) in [7, 11) is 1.79. The van der Waals surface area contributed by atoms with Crippen LogP contribution in [0.4, 0.5) is 5.69 Å². The molecule has 0 radical (unpaired) electrons. The predicted octanol–water partition coefficient (Wildman–Crippen LogP) is 1.58. The van der Waals surface area contributed by atoms with Crippen molar-refractivity contribution in [2.75, 3.05) is 25.9 Å². The van der Waals surface area contributed by atoms with E-state index in [4.69, 9.17) is 10.5 Å². The summed E-state index contributed by atoms with van der Waals surface area (Å²) in [4.78, 5) is 14.3. The van der Waals surface area contributed by atoms with Crippen molar-refractivity contribution in [1.82, 2.24) is 4.90 Å². The molecule has 0 aliphatic carbocycles. The molecule has 1 fully saturated rings. The number of hydrogen-bond donors (Lipinski definition) is 1. The van der Waals surface area contributed by atoms with Crippen molar-refractivity contribution in [2.24, 2.45) is 0 Å². The second kappa shape index (κ2) is 4.84. The lowest BCUT2D eigenvalue weighted by Crippen LogP contribution is -2.33. The fourth-order valence-electron chi connectivity index (χ4n) is 1.84. The first kappa shape index (κ1) is 11.4. The first-order valence-electron chi connectivity index (χ1n) is 5.38. The number of amides is 1. The standard InChI is InChI=1S/C11H16N2O2S/c1-13(7-8-3-2-5-15-8)11(14)10-9(12)4-6-16-10/h4,6,8H,2-3,5,7,12H2,1H3. The van der Waals surface area contributed by atoms with Gasteiger partial charge in [0.25, 0.3) is 5.91 Å². The van der Waals surface area contributed by atoms with E-state index in [-0.39, 0.29) is 12.0 Å². The van der Waals surface area contributed by atoms with Crippen LogP contribution in [0.25, 0.3) is 0 Å². The second-order valence-corrected chi connectivity index (χ2v) is 4.94. The number of ether oxygens (including phenoxy) is 1. The van der Waals surface area contributed by atoms with E-state index >= 15 is 0 Å². The Kier molecular flexibility index (Phi) is 3.46. The highest BCUT2D eigenvalue weighted by molar-refractivity contribution is 7.12. The lowest BCUT2D eigenvalue weighted by molar-refractivity contribution is 0.0591. The van der Waals surface area contributed by atoms with Crippen LogP contribution in [0.3, 0.4) is 0 Å². The molecule has 88 valence electrons. The van der Waals surface area contributed by atoms with Crippen LogP contribution in [-0.2, 0) is 4.74 Å². The molecule has 1 aromatic rings. The molecule has 0 saturated carbocycles. The summed E-state index contributed by atoms with van der Waals surface area (Å²) < 4.78 is 5.50. The molecular weight excluding hydrogens is 224 g/mol. The molecule has 1 atom stereocenters. The minimum Gasteiger partial charge on any atom is -0.397 e. The van der Waals surface area contributed by atoms with Gasteiger partial charge in [-0.2, -0.15) is 0 Å². The molecule has 16 heavy (non-hydrogen) atoms. The van der Waals surface area contributed by atoms with Crippen molar-refractivity contribution >= 4 is 22.9 Å². The average molecular weight is 240 g/mol. The molecule has 0 aromatic carbocycles. The topological polar surface area (TPSA) is 55.6 Å². The molecule has 4 nitrogen and oxygen atoms in total. The van der Waals surface area contributed by atoms with E-state index in [2.05, 4.69) is 0 Å². The Morgan fingerprint density at radius 1 is 1.75 bits per heavy atom. The van der Waals surface area contributed by atoms with Gasteiger partial charge < -0.3 is 15.4 Å². The fraction of sp³-hybridized carbons (Fsp3) is 0.545. The third-order valence-corrected chi connectivity index (χ3v) is 3.66. The molecule has 1 aromatic heterocycles. The molecule has 1 amide bonds. The fourth-order valence-corrected chi connectivity index (χ4v) is 2.65. The lowest BCUT2D eigenvalue weighted by Gasteiger charge is -2.20. The molecule has 2 heterocycles. The number of nitrogen functional groups attached to an aromatic ring is 1. The number of likely N-dealkylation sites (N-methyl/N-ethyl adjacent to an activating group) is 1. The maximum absolute atomic E-state index is 12.0. The Bertz CT molecular complexity index is 372. The summed E-state index contributed by atoms with van der Waals surface area (Å²) in [5.74, 6) is -0.0111. The SMILES string of the molecule is CN(CC1CCCO1)C(=O)c1sccc1N. The van der Waals surface area contributed by atoms with Crippen molar-refractivity contribution < 1.29 is 9.53 Å². The third kappa shape index (κ3) is 2.36. The van der Waals surface area contributed by atoms with Crippen LogP contribution in [0.1, 0.15) is 22.5 Å². The Labute approximate surface area is 99.0 Å². The van der Waals surface area contributed by atoms with E-state index in [0.29, 0.717) is 17.1 Å². The van der Waals surface area contributed by atoms with Crippen molar-refractivity contribution in [1.29, 1.82) is 0 Å². The lowest BCUT2D eigenvalue weighted by atomic mass is 10.2. The smallest absolute Gasteiger partial charge is 0.265 e. The van der Waals surface area contributed by atoms with Gasteiger partial charge in [0.1, 0.15) is 4.88 Å². The summed E-state index contributed by atoms with van der Waals surface area (Å²) in [5, 5.41) is 1.84. The number of carbonyl (C=O) groups is 1. The van der Waals surface area contributed by atoms with Crippen molar-refractivity contribution in [3.63, 3.8) is 0 Å². The van der Waals surface area contributed by atoms with Gasteiger partial charge in [-0.05, 0) is 24.3 Å². The number of rotatable bonds is 3. The average Bonchev–Trinajstić information content (AvgIpc) is 2.88.